The molecule has 0 aromatic carbocycles. The van der Waals surface area contributed by atoms with Crippen molar-refractivity contribution in [2.24, 2.45) is 17.8 Å². The first-order valence-electron chi connectivity index (χ1n) is 8.97. The van der Waals surface area contributed by atoms with E-state index in [1.807, 2.05) is 0 Å². The van der Waals surface area contributed by atoms with Crippen molar-refractivity contribution in [3.8, 4) is 0 Å². The van der Waals surface area contributed by atoms with Crippen molar-refractivity contribution in [2.75, 3.05) is 6.54 Å². The fourth-order valence-corrected chi connectivity index (χ4v) is 4.35. The van der Waals surface area contributed by atoms with Crippen molar-refractivity contribution < 1.29 is 0 Å². The fraction of sp³-hybridized carbons (Fsp3) is 1.00. The van der Waals surface area contributed by atoms with Gasteiger partial charge in [0, 0.05) is 6.04 Å². The summed E-state index contributed by atoms with van der Waals surface area (Å²) in [6.45, 7) is 6.02. The maximum Gasteiger partial charge on any atom is 0.00697 e. The predicted octanol–water partition coefficient (Wildman–Crippen LogP) is 5.15. The van der Waals surface area contributed by atoms with Gasteiger partial charge in [0.2, 0.25) is 0 Å². The van der Waals surface area contributed by atoms with Crippen LogP contribution in [0.2, 0.25) is 0 Å². The monoisotopic (exact) mass is 265 g/mol. The standard InChI is InChI=1S/C18H35N/c1-15(2)13-17-9-5-11-18(14-17)19-12-6-10-16-7-3-4-8-16/h15-19H,3-14H2,1-2H3. The average molecular weight is 265 g/mol. The molecule has 2 fully saturated rings. The minimum atomic E-state index is 0.834. The molecule has 2 unspecified atom stereocenters. The molecular weight excluding hydrogens is 230 g/mol. The highest BCUT2D eigenvalue weighted by atomic mass is 14.9. The first-order chi connectivity index (χ1) is 9.24. The van der Waals surface area contributed by atoms with E-state index in [2.05, 4.69) is 19.2 Å². The molecule has 1 nitrogen and oxygen atoms in total. The number of hydrogen-bond donors (Lipinski definition) is 1. The Morgan fingerprint density at radius 1 is 0.947 bits per heavy atom. The molecule has 0 aliphatic heterocycles. The van der Waals surface area contributed by atoms with Crippen LogP contribution in [0.5, 0.6) is 0 Å². The molecule has 0 spiro atoms. The largest absolute Gasteiger partial charge is 0.314 e. The third kappa shape index (κ3) is 5.85. The molecule has 0 radical (unpaired) electrons. The topological polar surface area (TPSA) is 12.0 Å². The summed E-state index contributed by atoms with van der Waals surface area (Å²) in [6.07, 6.45) is 16.2. The molecule has 0 aromatic heterocycles. The molecule has 0 heterocycles. The van der Waals surface area contributed by atoms with Gasteiger partial charge in [-0.2, -0.15) is 0 Å². The number of nitrogens with one attached hydrogen (secondary N) is 1. The molecule has 0 bridgehead atoms. The normalized spacial score (nSPS) is 29.2. The van der Waals surface area contributed by atoms with E-state index >= 15 is 0 Å². The Morgan fingerprint density at radius 3 is 2.42 bits per heavy atom. The van der Waals surface area contributed by atoms with Crippen LogP contribution in [0.25, 0.3) is 0 Å². The maximum atomic E-state index is 3.85. The smallest absolute Gasteiger partial charge is 0.00697 e. The maximum absolute atomic E-state index is 3.85. The Balaban J connectivity index is 1.54. The molecule has 0 amide bonds. The van der Waals surface area contributed by atoms with E-state index in [1.54, 1.807) is 0 Å². The zero-order valence-corrected chi connectivity index (χ0v) is 13.3. The summed E-state index contributed by atoms with van der Waals surface area (Å²) in [7, 11) is 0. The van der Waals surface area contributed by atoms with Crippen molar-refractivity contribution in [3.05, 3.63) is 0 Å². The van der Waals surface area contributed by atoms with Gasteiger partial charge in [0.15, 0.2) is 0 Å². The minimum absolute atomic E-state index is 0.834. The van der Waals surface area contributed by atoms with Gasteiger partial charge in [-0.3, -0.25) is 0 Å². The molecule has 19 heavy (non-hydrogen) atoms. The molecule has 2 aliphatic carbocycles. The minimum Gasteiger partial charge on any atom is -0.314 e. The van der Waals surface area contributed by atoms with Crippen LogP contribution in [-0.4, -0.2) is 12.6 Å². The first-order valence-corrected chi connectivity index (χ1v) is 8.97. The number of hydrogen-bond acceptors (Lipinski definition) is 1. The third-order valence-electron chi connectivity index (χ3n) is 5.28. The zero-order valence-electron chi connectivity index (χ0n) is 13.3. The van der Waals surface area contributed by atoms with Crippen LogP contribution < -0.4 is 5.32 Å². The SMILES string of the molecule is CC(C)CC1CCCC(NCCCC2CCCC2)C1. The molecule has 2 rings (SSSR count). The Morgan fingerprint density at radius 2 is 1.68 bits per heavy atom. The molecule has 0 aromatic rings. The summed E-state index contributed by atoms with van der Waals surface area (Å²) in [6, 6.07) is 0.834. The molecule has 2 saturated carbocycles. The van der Waals surface area contributed by atoms with Crippen LogP contribution in [0.4, 0.5) is 0 Å². The Hall–Kier alpha value is -0.0400. The van der Waals surface area contributed by atoms with Crippen molar-refractivity contribution in [2.45, 2.75) is 90.5 Å². The van der Waals surface area contributed by atoms with Gasteiger partial charge in [-0.05, 0) is 56.4 Å². The second-order valence-electron chi connectivity index (χ2n) is 7.61. The summed E-state index contributed by atoms with van der Waals surface area (Å²) >= 11 is 0. The molecule has 0 saturated heterocycles. The van der Waals surface area contributed by atoms with Crippen molar-refractivity contribution in [3.63, 3.8) is 0 Å². The molecule has 2 aliphatic rings. The van der Waals surface area contributed by atoms with Gasteiger partial charge in [0.25, 0.3) is 0 Å². The first kappa shape index (κ1) is 15.4. The van der Waals surface area contributed by atoms with E-state index in [-0.39, 0.29) is 0 Å². The van der Waals surface area contributed by atoms with E-state index in [1.165, 1.54) is 77.2 Å². The highest BCUT2D eigenvalue weighted by Gasteiger charge is 2.22. The van der Waals surface area contributed by atoms with Crippen molar-refractivity contribution in [1.82, 2.24) is 5.32 Å². The van der Waals surface area contributed by atoms with Crippen molar-refractivity contribution >= 4 is 0 Å². The van der Waals surface area contributed by atoms with Crippen LogP contribution in [0.15, 0.2) is 0 Å². The highest BCUT2D eigenvalue weighted by Crippen LogP contribution is 2.30. The van der Waals surface area contributed by atoms with Gasteiger partial charge >= 0.3 is 0 Å². The Bertz CT molecular complexity index is 230. The Kier molecular flexibility index (Phi) is 6.70. The zero-order chi connectivity index (χ0) is 13.5. The highest BCUT2D eigenvalue weighted by molar-refractivity contribution is 4.78. The van der Waals surface area contributed by atoms with E-state index < -0.39 is 0 Å². The second-order valence-corrected chi connectivity index (χ2v) is 7.61. The quantitative estimate of drug-likeness (QED) is 0.628. The van der Waals surface area contributed by atoms with Crippen LogP contribution in [0.3, 0.4) is 0 Å². The van der Waals surface area contributed by atoms with Gasteiger partial charge in [-0.25, -0.2) is 0 Å². The van der Waals surface area contributed by atoms with Crippen LogP contribution in [0, 0.1) is 17.8 Å². The lowest BCUT2D eigenvalue weighted by atomic mass is 9.81. The summed E-state index contributed by atoms with van der Waals surface area (Å²) in [4.78, 5) is 0. The van der Waals surface area contributed by atoms with Crippen LogP contribution in [-0.2, 0) is 0 Å². The van der Waals surface area contributed by atoms with E-state index in [4.69, 9.17) is 0 Å². The molecule has 1 N–H and O–H groups in total. The van der Waals surface area contributed by atoms with Gasteiger partial charge in [-0.15, -0.1) is 0 Å². The Labute approximate surface area is 120 Å². The molecule has 1 heteroatoms. The van der Waals surface area contributed by atoms with Gasteiger partial charge in [0.1, 0.15) is 0 Å². The van der Waals surface area contributed by atoms with Crippen LogP contribution >= 0.6 is 0 Å². The molecule has 112 valence electrons. The predicted molar refractivity (Wildman–Crippen MR) is 84.4 cm³/mol. The lowest BCUT2D eigenvalue weighted by Crippen LogP contribution is -2.35. The number of rotatable bonds is 7. The summed E-state index contributed by atoms with van der Waals surface area (Å²) in [5.41, 5.74) is 0. The summed E-state index contributed by atoms with van der Waals surface area (Å²) < 4.78 is 0. The second kappa shape index (κ2) is 8.29. The van der Waals surface area contributed by atoms with E-state index in [9.17, 15) is 0 Å². The van der Waals surface area contributed by atoms with Gasteiger partial charge in [0.05, 0.1) is 0 Å². The lowest BCUT2D eigenvalue weighted by Gasteiger charge is -2.31. The van der Waals surface area contributed by atoms with Gasteiger partial charge in [-0.1, -0.05) is 52.4 Å². The summed E-state index contributed by atoms with van der Waals surface area (Å²) in [5.74, 6) is 2.95. The van der Waals surface area contributed by atoms with E-state index in [0.717, 1.165) is 23.8 Å². The lowest BCUT2D eigenvalue weighted by molar-refractivity contribution is 0.251. The van der Waals surface area contributed by atoms with E-state index in [0.29, 0.717) is 0 Å². The fourth-order valence-electron chi connectivity index (χ4n) is 4.35. The van der Waals surface area contributed by atoms with Gasteiger partial charge < -0.3 is 5.32 Å². The van der Waals surface area contributed by atoms with Crippen LogP contribution in [0.1, 0.15) is 84.5 Å². The molecular formula is C18H35N. The third-order valence-corrected chi connectivity index (χ3v) is 5.28. The average Bonchev–Trinajstić information content (AvgIpc) is 2.87. The summed E-state index contributed by atoms with van der Waals surface area (Å²) in [5, 5.41) is 3.85. The molecule has 2 atom stereocenters. The van der Waals surface area contributed by atoms with Crippen molar-refractivity contribution in [1.29, 1.82) is 0 Å².